The molecule has 1 aromatic carbocycles. The van der Waals surface area contributed by atoms with Gasteiger partial charge in [-0.25, -0.2) is 0 Å². The monoisotopic (exact) mass is 327 g/mol. The van der Waals surface area contributed by atoms with Gasteiger partial charge in [0.05, 0.1) is 6.61 Å². The summed E-state index contributed by atoms with van der Waals surface area (Å²) in [5.74, 6) is 1.75. The van der Waals surface area contributed by atoms with Gasteiger partial charge < -0.3 is 10.1 Å². The van der Waals surface area contributed by atoms with E-state index in [1.165, 1.54) is 5.56 Å². The van der Waals surface area contributed by atoms with Gasteiger partial charge in [0.2, 0.25) is 5.91 Å². The normalized spacial score (nSPS) is 21.8. The molecule has 2 N–H and O–H groups in total. The van der Waals surface area contributed by atoms with Gasteiger partial charge in [-0.2, -0.15) is 5.21 Å². The lowest BCUT2D eigenvalue weighted by atomic mass is 9.83. The van der Waals surface area contributed by atoms with E-state index in [0.29, 0.717) is 19.0 Å². The number of rotatable bonds is 4. The Morgan fingerprint density at radius 1 is 1.33 bits per heavy atom. The van der Waals surface area contributed by atoms with Crippen LogP contribution < -0.4 is 10.1 Å². The van der Waals surface area contributed by atoms with Gasteiger partial charge in [0, 0.05) is 12.5 Å². The molecule has 126 valence electrons. The third-order valence-electron chi connectivity index (χ3n) is 5.26. The number of tetrazole rings is 1. The predicted octanol–water partition coefficient (Wildman–Crippen LogP) is 1.69. The summed E-state index contributed by atoms with van der Waals surface area (Å²) in [7, 11) is 0. The van der Waals surface area contributed by atoms with Crippen LogP contribution in [0.5, 0.6) is 5.75 Å². The van der Waals surface area contributed by atoms with E-state index in [2.05, 4.69) is 32.0 Å². The Morgan fingerprint density at radius 3 is 2.96 bits per heavy atom. The van der Waals surface area contributed by atoms with E-state index in [4.69, 9.17) is 4.74 Å². The van der Waals surface area contributed by atoms with Crippen molar-refractivity contribution in [3.05, 3.63) is 35.7 Å². The first kappa shape index (κ1) is 15.1. The van der Waals surface area contributed by atoms with Crippen molar-refractivity contribution >= 4 is 5.91 Å². The van der Waals surface area contributed by atoms with Gasteiger partial charge in [-0.15, -0.1) is 10.2 Å². The molecule has 0 spiro atoms. The fourth-order valence-corrected chi connectivity index (χ4v) is 3.91. The molecular formula is C17H21N5O2. The van der Waals surface area contributed by atoms with E-state index in [0.717, 1.165) is 37.9 Å². The van der Waals surface area contributed by atoms with Gasteiger partial charge in [0.25, 0.3) is 0 Å². The summed E-state index contributed by atoms with van der Waals surface area (Å²) < 4.78 is 5.69. The molecule has 4 rings (SSSR count). The largest absolute Gasteiger partial charge is 0.493 e. The Labute approximate surface area is 140 Å². The van der Waals surface area contributed by atoms with E-state index >= 15 is 0 Å². The lowest BCUT2D eigenvalue weighted by molar-refractivity contribution is -0.127. The number of fused-ring (bicyclic) bond motifs is 1. The minimum absolute atomic E-state index is 0.0189. The molecule has 1 aliphatic heterocycles. The molecule has 2 heterocycles. The second-order valence-electron chi connectivity index (χ2n) is 6.61. The summed E-state index contributed by atoms with van der Waals surface area (Å²) >= 11 is 0. The molecule has 1 atom stereocenters. The van der Waals surface area contributed by atoms with Crippen LogP contribution in [0.2, 0.25) is 0 Å². The van der Waals surface area contributed by atoms with Crippen molar-refractivity contribution in [3.63, 3.8) is 0 Å². The number of amides is 1. The number of carbonyl (C=O) groups excluding carboxylic acids is 1. The van der Waals surface area contributed by atoms with Gasteiger partial charge >= 0.3 is 0 Å². The summed E-state index contributed by atoms with van der Waals surface area (Å²) in [6, 6.07) is 8.06. The fraction of sp³-hybridized carbons (Fsp3) is 0.529. The van der Waals surface area contributed by atoms with Crippen molar-refractivity contribution < 1.29 is 9.53 Å². The Hall–Kier alpha value is -2.44. The van der Waals surface area contributed by atoms with Crippen LogP contribution >= 0.6 is 0 Å². The second kappa shape index (κ2) is 6.22. The minimum atomic E-state index is -0.627. The number of para-hydroxylation sites is 1. The molecule has 7 nitrogen and oxygen atoms in total. The highest BCUT2D eigenvalue weighted by atomic mass is 16.5. The SMILES string of the molecule is O=C(NCC1CCOc2ccccc21)C1(c2nn[nH]n2)CCCC1. The van der Waals surface area contributed by atoms with Crippen molar-refractivity contribution in [3.8, 4) is 5.75 Å². The first-order chi connectivity index (χ1) is 11.8. The fourth-order valence-electron chi connectivity index (χ4n) is 3.91. The first-order valence-electron chi connectivity index (χ1n) is 8.53. The summed E-state index contributed by atoms with van der Waals surface area (Å²) in [5.41, 5.74) is 0.543. The van der Waals surface area contributed by atoms with Gasteiger partial charge in [-0.1, -0.05) is 36.3 Å². The predicted molar refractivity (Wildman–Crippen MR) is 86.6 cm³/mol. The van der Waals surface area contributed by atoms with Crippen molar-refractivity contribution in [1.82, 2.24) is 25.9 Å². The molecule has 1 aromatic heterocycles. The minimum Gasteiger partial charge on any atom is -0.493 e. The van der Waals surface area contributed by atoms with Crippen LogP contribution in [0.15, 0.2) is 24.3 Å². The zero-order valence-corrected chi connectivity index (χ0v) is 13.5. The summed E-state index contributed by atoms with van der Waals surface area (Å²) in [6.45, 7) is 1.30. The molecule has 1 aliphatic carbocycles. The van der Waals surface area contributed by atoms with E-state index in [1.54, 1.807) is 0 Å². The average molecular weight is 327 g/mol. The Bertz CT molecular complexity index is 710. The van der Waals surface area contributed by atoms with Gasteiger partial charge in [0.15, 0.2) is 5.82 Å². The van der Waals surface area contributed by atoms with Crippen LogP contribution in [0.1, 0.15) is 49.4 Å². The summed E-state index contributed by atoms with van der Waals surface area (Å²) in [5, 5.41) is 17.5. The molecule has 0 radical (unpaired) electrons. The Balaban J connectivity index is 1.49. The van der Waals surface area contributed by atoms with Gasteiger partial charge in [-0.3, -0.25) is 4.79 Å². The highest BCUT2D eigenvalue weighted by Crippen LogP contribution is 2.40. The van der Waals surface area contributed by atoms with Crippen LogP contribution in [0.3, 0.4) is 0 Å². The van der Waals surface area contributed by atoms with Crippen LogP contribution in [0.25, 0.3) is 0 Å². The maximum absolute atomic E-state index is 13.0. The number of aromatic nitrogens is 4. The quantitative estimate of drug-likeness (QED) is 0.891. The first-order valence-corrected chi connectivity index (χ1v) is 8.53. The average Bonchev–Trinajstić information content (AvgIpc) is 3.31. The van der Waals surface area contributed by atoms with Crippen molar-refractivity contribution in [2.24, 2.45) is 0 Å². The molecule has 1 saturated carbocycles. The molecule has 2 aromatic rings. The number of benzene rings is 1. The number of nitrogens with zero attached hydrogens (tertiary/aromatic N) is 3. The maximum Gasteiger partial charge on any atom is 0.234 e. The molecule has 7 heteroatoms. The number of ether oxygens (including phenoxy) is 1. The summed E-state index contributed by atoms with van der Waals surface area (Å²) in [4.78, 5) is 13.0. The number of hydrogen-bond acceptors (Lipinski definition) is 5. The lowest BCUT2D eigenvalue weighted by Gasteiger charge is -2.28. The Morgan fingerprint density at radius 2 is 2.17 bits per heavy atom. The molecule has 2 aliphatic rings. The van der Waals surface area contributed by atoms with Crippen molar-refractivity contribution in [1.29, 1.82) is 0 Å². The van der Waals surface area contributed by atoms with Crippen LogP contribution in [0.4, 0.5) is 0 Å². The topological polar surface area (TPSA) is 92.8 Å². The molecule has 0 saturated heterocycles. The smallest absolute Gasteiger partial charge is 0.234 e. The molecule has 24 heavy (non-hydrogen) atoms. The number of H-pyrrole nitrogens is 1. The van der Waals surface area contributed by atoms with Gasteiger partial charge in [0.1, 0.15) is 11.2 Å². The van der Waals surface area contributed by atoms with Crippen LogP contribution in [-0.4, -0.2) is 39.7 Å². The Kier molecular flexibility index (Phi) is 3.92. The van der Waals surface area contributed by atoms with Crippen molar-refractivity contribution in [2.75, 3.05) is 13.2 Å². The van der Waals surface area contributed by atoms with Crippen molar-refractivity contribution in [2.45, 2.75) is 43.4 Å². The van der Waals surface area contributed by atoms with Gasteiger partial charge in [-0.05, 0) is 30.9 Å². The standard InChI is InChI=1S/C17H21N5O2/c23-16(17(8-3-4-9-17)15-19-21-22-20-15)18-11-12-7-10-24-14-6-2-1-5-13(12)14/h1-2,5-6,12H,3-4,7-11H2,(H,18,23)(H,19,20,21,22). The second-order valence-corrected chi connectivity index (χ2v) is 6.61. The van der Waals surface area contributed by atoms with E-state index in [9.17, 15) is 4.79 Å². The highest BCUT2D eigenvalue weighted by molar-refractivity contribution is 5.87. The third kappa shape index (κ3) is 2.53. The van der Waals surface area contributed by atoms with E-state index in [1.807, 2.05) is 18.2 Å². The van der Waals surface area contributed by atoms with Crippen LogP contribution in [0, 0.1) is 0 Å². The number of hydrogen-bond donors (Lipinski definition) is 2. The number of aromatic amines is 1. The van der Waals surface area contributed by atoms with E-state index in [-0.39, 0.29) is 11.8 Å². The maximum atomic E-state index is 13.0. The lowest BCUT2D eigenvalue weighted by Crippen LogP contribution is -2.45. The van der Waals surface area contributed by atoms with E-state index < -0.39 is 5.41 Å². The molecule has 1 fully saturated rings. The summed E-state index contributed by atoms with van der Waals surface area (Å²) in [6.07, 6.45) is 4.50. The molecule has 1 amide bonds. The zero-order valence-electron chi connectivity index (χ0n) is 13.5. The molecule has 0 bridgehead atoms. The number of carbonyl (C=O) groups is 1. The molecular weight excluding hydrogens is 306 g/mol. The zero-order chi connectivity index (χ0) is 16.4. The number of nitrogens with one attached hydrogen (secondary N) is 2. The van der Waals surface area contributed by atoms with Crippen LogP contribution in [-0.2, 0) is 10.2 Å². The highest BCUT2D eigenvalue weighted by Gasteiger charge is 2.46. The third-order valence-corrected chi connectivity index (χ3v) is 5.26. The molecule has 1 unspecified atom stereocenters.